The predicted octanol–water partition coefficient (Wildman–Crippen LogP) is 3.13. The second kappa shape index (κ2) is 6.55. The lowest BCUT2D eigenvalue weighted by Gasteiger charge is -2.69. The Morgan fingerprint density at radius 2 is 1.93 bits per heavy atom. The summed E-state index contributed by atoms with van der Waals surface area (Å²) in [4.78, 5) is 21.0. The molecule has 3 aliphatic carbocycles. The first-order chi connectivity index (χ1) is 14.4. The number of hydrogen-bond donors (Lipinski definition) is 0. The molecule has 3 fully saturated rings. The molecule has 6 rings (SSSR count). The molecule has 1 atom stereocenters. The highest BCUT2D eigenvalue weighted by molar-refractivity contribution is 5.88. The van der Waals surface area contributed by atoms with Crippen molar-refractivity contribution < 1.29 is 18.3 Å². The van der Waals surface area contributed by atoms with Gasteiger partial charge in [-0.05, 0) is 37.0 Å². The van der Waals surface area contributed by atoms with E-state index in [9.17, 15) is 13.6 Å². The number of benzene rings is 1. The molecule has 4 aliphatic rings. The molecular formula is C21H17F2N5O2. The Morgan fingerprint density at radius 3 is 2.63 bits per heavy atom. The number of ether oxygens (including phenoxy) is 1. The lowest BCUT2D eigenvalue weighted by Crippen LogP contribution is -2.69. The van der Waals surface area contributed by atoms with Crippen molar-refractivity contribution in [2.75, 3.05) is 6.61 Å². The van der Waals surface area contributed by atoms with Gasteiger partial charge in [-0.1, -0.05) is 0 Å². The van der Waals surface area contributed by atoms with Crippen LogP contribution in [0.5, 0.6) is 5.88 Å². The van der Waals surface area contributed by atoms with Crippen molar-refractivity contribution in [3.63, 3.8) is 0 Å². The molecule has 0 radical (unpaired) electrons. The lowest BCUT2D eigenvalue weighted by molar-refractivity contribution is -0.227. The standard InChI is InChI=1S/C21H17F2N5O2/c22-14-3-13(4-15(23)5-14)17-1-2-27-28(17)19(29)21-8-20(9-21,10-21)11-30-18-6-16(7-24)25-12-26-18/h2-6,12,17H,1,8-11H2. The molecule has 3 saturated carbocycles. The smallest absolute Gasteiger partial charge is 0.249 e. The fraction of sp³-hybridized carbons (Fsp3) is 0.381. The minimum atomic E-state index is -0.671. The highest BCUT2D eigenvalue weighted by Gasteiger charge is 2.73. The first-order valence-corrected chi connectivity index (χ1v) is 9.59. The monoisotopic (exact) mass is 409 g/mol. The van der Waals surface area contributed by atoms with E-state index in [1.165, 1.54) is 29.5 Å². The Kier molecular flexibility index (Phi) is 4.07. The van der Waals surface area contributed by atoms with Gasteiger partial charge in [0.1, 0.15) is 29.7 Å². The zero-order chi connectivity index (χ0) is 20.9. The summed E-state index contributed by atoms with van der Waals surface area (Å²) in [7, 11) is 0. The van der Waals surface area contributed by atoms with Crippen LogP contribution >= 0.6 is 0 Å². The first kappa shape index (κ1) is 18.6. The average Bonchev–Trinajstić information content (AvgIpc) is 3.15. The van der Waals surface area contributed by atoms with Gasteiger partial charge in [0.05, 0.1) is 18.1 Å². The normalized spacial score (nSPS) is 28.4. The van der Waals surface area contributed by atoms with Gasteiger partial charge < -0.3 is 4.74 Å². The van der Waals surface area contributed by atoms with E-state index in [-0.39, 0.29) is 17.0 Å². The maximum absolute atomic E-state index is 13.6. The zero-order valence-electron chi connectivity index (χ0n) is 15.9. The third-order valence-electron chi connectivity index (χ3n) is 6.18. The van der Waals surface area contributed by atoms with Crippen molar-refractivity contribution >= 4 is 12.1 Å². The highest BCUT2D eigenvalue weighted by atomic mass is 19.1. The van der Waals surface area contributed by atoms with Gasteiger partial charge in [0.15, 0.2) is 0 Å². The van der Waals surface area contributed by atoms with Crippen molar-refractivity contribution in [2.24, 2.45) is 15.9 Å². The van der Waals surface area contributed by atoms with Gasteiger partial charge in [0, 0.05) is 30.2 Å². The van der Waals surface area contributed by atoms with Crippen LogP contribution in [-0.2, 0) is 4.79 Å². The van der Waals surface area contributed by atoms with E-state index in [0.29, 0.717) is 43.7 Å². The largest absolute Gasteiger partial charge is 0.477 e. The van der Waals surface area contributed by atoms with Crippen LogP contribution in [0.2, 0.25) is 0 Å². The van der Waals surface area contributed by atoms with Crippen LogP contribution in [0.25, 0.3) is 0 Å². The van der Waals surface area contributed by atoms with Gasteiger partial charge in [0.25, 0.3) is 0 Å². The Balaban J connectivity index is 1.23. The van der Waals surface area contributed by atoms with Crippen LogP contribution in [-0.4, -0.2) is 33.7 Å². The molecule has 2 heterocycles. The summed E-state index contributed by atoms with van der Waals surface area (Å²) >= 11 is 0. The lowest BCUT2D eigenvalue weighted by atomic mass is 9.35. The minimum Gasteiger partial charge on any atom is -0.477 e. The summed E-state index contributed by atoms with van der Waals surface area (Å²) in [6, 6.07) is 6.23. The molecule has 7 nitrogen and oxygen atoms in total. The molecule has 30 heavy (non-hydrogen) atoms. The average molecular weight is 409 g/mol. The quantitative estimate of drug-likeness (QED) is 0.757. The van der Waals surface area contributed by atoms with Gasteiger partial charge in [-0.3, -0.25) is 4.79 Å². The molecule has 1 aliphatic heterocycles. The molecule has 152 valence electrons. The molecule has 9 heteroatoms. The molecule has 1 amide bonds. The molecule has 0 spiro atoms. The second-order valence-corrected chi connectivity index (χ2v) is 8.35. The van der Waals surface area contributed by atoms with Crippen molar-refractivity contribution in [1.29, 1.82) is 5.26 Å². The van der Waals surface area contributed by atoms with Crippen molar-refractivity contribution in [2.45, 2.75) is 31.7 Å². The van der Waals surface area contributed by atoms with Crippen LogP contribution in [0.1, 0.15) is 43.0 Å². The summed E-state index contributed by atoms with van der Waals surface area (Å²) in [5.41, 5.74) is 0.0618. The number of aromatic nitrogens is 2. The molecule has 0 N–H and O–H groups in total. The minimum absolute atomic E-state index is 0.0860. The van der Waals surface area contributed by atoms with Crippen molar-refractivity contribution in [1.82, 2.24) is 15.0 Å². The maximum atomic E-state index is 13.6. The van der Waals surface area contributed by atoms with Gasteiger partial charge >= 0.3 is 0 Å². The maximum Gasteiger partial charge on any atom is 0.249 e. The number of nitrogens with zero attached hydrogens (tertiary/aromatic N) is 5. The van der Waals surface area contributed by atoms with Crippen LogP contribution in [0.3, 0.4) is 0 Å². The van der Waals surface area contributed by atoms with E-state index >= 15 is 0 Å². The molecular weight excluding hydrogens is 392 g/mol. The molecule has 1 unspecified atom stereocenters. The van der Waals surface area contributed by atoms with Crippen LogP contribution in [0, 0.1) is 33.8 Å². The van der Waals surface area contributed by atoms with Gasteiger partial charge in [-0.2, -0.15) is 10.4 Å². The highest BCUT2D eigenvalue weighted by Crippen LogP contribution is 2.74. The van der Waals surface area contributed by atoms with Crippen LogP contribution in [0.4, 0.5) is 8.78 Å². The Bertz CT molecular complexity index is 1070. The van der Waals surface area contributed by atoms with Gasteiger partial charge in [0.2, 0.25) is 11.8 Å². The first-order valence-electron chi connectivity index (χ1n) is 9.59. The number of rotatable bonds is 5. The number of halogens is 2. The van der Waals surface area contributed by atoms with Crippen LogP contribution in [0.15, 0.2) is 35.7 Å². The predicted molar refractivity (Wildman–Crippen MR) is 100 cm³/mol. The van der Waals surface area contributed by atoms with Crippen LogP contribution < -0.4 is 4.74 Å². The van der Waals surface area contributed by atoms with E-state index in [1.54, 1.807) is 6.21 Å². The summed E-state index contributed by atoms with van der Waals surface area (Å²) in [6.07, 6.45) is 5.33. The number of hydrogen-bond acceptors (Lipinski definition) is 6. The van der Waals surface area contributed by atoms with Gasteiger partial charge in [-0.25, -0.2) is 23.8 Å². The number of carbonyl (C=O) groups excluding carboxylic acids is 1. The summed E-state index contributed by atoms with van der Waals surface area (Å²) < 4.78 is 33.0. The van der Waals surface area contributed by atoms with E-state index in [0.717, 1.165) is 6.07 Å². The fourth-order valence-corrected chi connectivity index (χ4v) is 4.98. The summed E-state index contributed by atoms with van der Waals surface area (Å²) in [5.74, 6) is -1.11. The SMILES string of the molecule is N#Cc1cc(OCC23CC(C(=O)N4N=CCC4c4cc(F)cc(F)c4)(C2)C3)ncn1. The number of carbonyl (C=O) groups is 1. The zero-order valence-corrected chi connectivity index (χ0v) is 15.9. The Morgan fingerprint density at radius 1 is 1.20 bits per heavy atom. The van der Waals surface area contributed by atoms with E-state index in [1.807, 2.05) is 6.07 Å². The third-order valence-corrected chi connectivity index (χ3v) is 6.18. The summed E-state index contributed by atoms with van der Waals surface area (Å²) in [5, 5.41) is 14.5. The fourth-order valence-electron chi connectivity index (χ4n) is 4.98. The molecule has 2 aromatic rings. The van der Waals surface area contributed by atoms with Crippen molar-refractivity contribution in [3.8, 4) is 11.9 Å². The number of nitriles is 1. The van der Waals surface area contributed by atoms with Crippen molar-refractivity contribution in [3.05, 3.63) is 53.5 Å². The molecule has 1 aromatic carbocycles. The van der Waals surface area contributed by atoms with E-state index in [4.69, 9.17) is 10.00 Å². The van der Waals surface area contributed by atoms with Gasteiger partial charge in [-0.15, -0.1) is 0 Å². The Labute approximate surface area is 171 Å². The third kappa shape index (κ3) is 2.91. The van der Waals surface area contributed by atoms with E-state index < -0.39 is 23.1 Å². The second-order valence-electron chi connectivity index (χ2n) is 8.35. The molecule has 1 aromatic heterocycles. The molecule has 2 bridgehead atoms. The topological polar surface area (TPSA) is 91.5 Å². The number of hydrazone groups is 1. The Hall–Kier alpha value is -3.41. The number of amides is 1. The van der Waals surface area contributed by atoms with E-state index in [2.05, 4.69) is 15.1 Å². The molecule has 0 saturated heterocycles. The summed E-state index contributed by atoms with van der Waals surface area (Å²) in [6.45, 7) is 0.408.